The maximum Gasteiger partial charge on any atom is 0.336 e. The van der Waals surface area contributed by atoms with E-state index in [1.54, 1.807) is 6.20 Å². The van der Waals surface area contributed by atoms with Crippen LogP contribution in [0.25, 0.3) is 11.1 Å². The van der Waals surface area contributed by atoms with Crippen LogP contribution >= 0.6 is 0 Å². The number of carboxylic acids is 1. The quantitative estimate of drug-likeness (QED) is 0.597. The molecule has 0 saturated heterocycles. The van der Waals surface area contributed by atoms with Crippen LogP contribution in [0, 0.1) is 0 Å². The number of aromatic nitrogens is 4. The zero-order valence-electron chi connectivity index (χ0n) is 16.4. The van der Waals surface area contributed by atoms with E-state index in [1.807, 2.05) is 28.9 Å². The molecule has 6 nitrogen and oxygen atoms in total. The average molecular weight is 378 g/mol. The number of carboxylic acid groups (broad SMARTS) is 1. The van der Waals surface area contributed by atoms with Crippen molar-refractivity contribution in [1.82, 2.24) is 19.7 Å². The van der Waals surface area contributed by atoms with Gasteiger partial charge in [-0.2, -0.15) is 5.10 Å². The summed E-state index contributed by atoms with van der Waals surface area (Å²) in [4.78, 5) is 20.2. The number of nitrogens with zero attached hydrogens (tertiary/aromatic N) is 4. The maximum atomic E-state index is 11.4. The fourth-order valence-electron chi connectivity index (χ4n) is 3.17. The second-order valence-corrected chi connectivity index (χ2v) is 6.87. The number of unbranched alkanes of at least 4 members (excludes halogenated alkanes) is 1. The number of hydrogen-bond donors (Lipinski definition) is 1. The van der Waals surface area contributed by atoms with Gasteiger partial charge in [0.15, 0.2) is 5.82 Å². The van der Waals surface area contributed by atoms with Crippen molar-refractivity contribution in [1.29, 1.82) is 0 Å². The molecule has 0 bridgehead atoms. The van der Waals surface area contributed by atoms with E-state index in [9.17, 15) is 9.90 Å². The van der Waals surface area contributed by atoms with E-state index < -0.39 is 5.97 Å². The Hall–Kier alpha value is -3.02. The zero-order chi connectivity index (χ0) is 19.9. The van der Waals surface area contributed by atoms with E-state index in [-0.39, 0.29) is 5.56 Å². The molecule has 0 amide bonds. The van der Waals surface area contributed by atoms with E-state index >= 15 is 0 Å². The van der Waals surface area contributed by atoms with Crippen molar-refractivity contribution in [2.75, 3.05) is 0 Å². The van der Waals surface area contributed by atoms with Crippen LogP contribution in [-0.2, 0) is 19.4 Å². The van der Waals surface area contributed by atoms with Gasteiger partial charge in [-0.15, -0.1) is 0 Å². The van der Waals surface area contributed by atoms with Gasteiger partial charge in [0.05, 0.1) is 5.56 Å². The molecule has 3 rings (SSSR count). The van der Waals surface area contributed by atoms with Crippen molar-refractivity contribution < 1.29 is 9.90 Å². The molecule has 1 aromatic carbocycles. The summed E-state index contributed by atoms with van der Waals surface area (Å²) < 4.78 is 2.03. The van der Waals surface area contributed by atoms with Crippen LogP contribution in [0.2, 0.25) is 0 Å². The lowest BCUT2D eigenvalue weighted by Crippen LogP contribution is -2.06. The summed E-state index contributed by atoms with van der Waals surface area (Å²) in [6, 6.07) is 9.45. The summed E-state index contributed by atoms with van der Waals surface area (Å²) >= 11 is 0. The number of rotatable bonds is 9. The maximum absolute atomic E-state index is 11.4. The highest BCUT2D eigenvalue weighted by atomic mass is 16.4. The van der Waals surface area contributed by atoms with E-state index in [0.717, 1.165) is 55.0 Å². The molecule has 0 saturated carbocycles. The highest BCUT2D eigenvalue weighted by molar-refractivity contribution is 5.95. The topological polar surface area (TPSA) is 80.9 Å². The lowest BCUT2D eigenvalue weighted by molar-refractivity contribution is 0.0697. The smallest absolute Gasteiger partial charge is 0.336 e. The van der Waals surface area contributed by atoms with Crippen LogP contribution in [0.1, 0.15) is 60.7 Å². The monoisotopic (exact) mass is 378 g/mol. The Bertz CT molecular complexity index is 932. The molecule has 28 heavy (non-hydrogen) atoms. The molecule has 2 heterocycles. The number of aryl methyl sites for hydroxylation is 2. The van der Waals surface area contributed by atoms with Gasteiger partial charge in [-0.05, 0) is 30.0 Å². The fraction of sp³-hybridized carbons (Fsp3) is 0.364. The first-order valence-electron chi connectivity index (χ1n) is 9.81. The largest absolute Gasteiger partial charge is 0.478 e. The lowest BCUT2D eigenvalue weighted by atomic mass is 10.00. The molecule has 6 heteroatoms. The van der Waals surface area contributed by atoms with Crippen molar-refractivity contribution in [3.05, 3.63) is 65.5 Å². The van der Waals surface area contributed by atoms with Gasteiger partial charge in [-0.3, -0.25) is 4.98 Å². The van der Waals surface area contributed by atoms with Gasteiger partial charge in [0.2, 0.25) is 0 Å². The lowest BCUT2D eigenvalue weighted by Gasteiger charge is -2.08. The van der Waals surface area contributed by atoms with Crippen molar-refractivity contribution in [2.24, 2.45) is 0 Å². The summed E-state index contributed by atoms with van der Waals surface area (Å²) in [5.74, 6) is 0.942. The highest BCUT2D eigenvalue weighted by Crippen LogP contribution is 2.24. The first-order chi connectivity index (χ1) is 13.6. The Morgan fingerprint density at radius 3 is 2.57 bits per heavy atom. The van der Waals surface area contributed by atoms with Crippen molar-refractivity contribution in [3.8, 4) is 11.1 Å². The van der Waals surface area contributed by atoms with Gasteiger partial charge in [0, 0.05) is 37.3 Å². The van der Waals surface area contributed by atoms with Gasteiger partial charge < -0.3 is 5.11 Å². The van der Waals surface area contributed by atoms with E-state index in [1.165, 1.54) is 12.3 Å². The van der Waals surface area contributed by atoms with Crippen molar-refractivity contribution >= 4 is 5.97 Å². The van der Waals surface area contributed by atoms with E-state index in [0.29, 0.717) is 12.0 Å². The second-order valence-electron chi connectivity index (χ2n) is 6.87. The Kier molecular flexibility index (Phi) is 6.53. The van der Waals surface area contributed by atoms with Crippen LogP contribution in [-0.4, -0.2) is 30.8 Å². The molecule has 1 N–H and O–H groups in total. The highest BCUT2D eigenvalue weighted by Gasteiger charge is 2.13. The molecule has 146 valence electrons. The first kappa shape index (κ1) is 19.7. The zero-order valence-corrected chi connectivity index (χ0v) is 16.4. The third-order valence-electron chi connectivity index (χ3n) is 4.67. The number of aromatic carboxylic acids is 1. The first-order valence-corrected chi connectivity index (χ1v) is 9.81. The molecule has 2 aromatic heterocycles. The minimum Gasteiger partial charge on any atom is -0.478 e. The van der Waals surface area contributed by atoms with Crippen LogP contribution in [0.5, 0.6) is 0 Å². The molecule has 3 aromatic rings. The molecular formula is C22H26N4O2. The predicted octanol–water partition coefficient (Wildman–Crippen LogP) is 4.38. The van der Waals surface area contributed by atoms with Crippen LogP contribution < -0.4 is 0 Å². The van der Waals surface area contributed by atoms with Crippen LogP contribution in [0.4, 0.5) is 0 Å². The number of benzene rings is 1. The molecule has 0 atom stereocenters. The van der Waals surface area contributed by atoms with Crippen LogP contribution in [0.15, 0.2) is 42.7 Å². The summed E-state index contributed by atoms with van der Waals surface area (Å²) in [6.07, 6.45) is 7.93. The summed E-state index contributed by atoms with van der Waals surface area (Å²) in [5, 5.41) is 14.0. The summed E-state index contributed by atoms with van der Waals surface area (Å²) in [7, 11) is 0. The standard InChI is InChI=1S/C22H26N4O2/c1-3-5-13-26-21(24-20(25-26)6-4-2)14-16-7-9-17(10-8-16)19-15-23-12-11-18(19)22(27)28/h7-12,15H,3-6,13-14H2,1-2H3,(H,27,28). The Balaban J connectivity index is 1.82. The average Bonchev–Trinajstić information content (AvgIpc) is 3.08. The Labute approximate surface area is 165 Å². The van der Waals surface area contributed by atoms with Gasteiger partial charge in [0.25, 0.3) is 0 Å². The summed E-state index contributed by atoms with van der Waals surface area (Å²) in [5.41, 5.74) is 2.84. The Morgan fingerprint density at radius 1 is 1.11 bits per heavy atom. The Morgan fingerprint density at radius 2 is 1.89 bits per heavy atom. The number of carbonyl (C=O) groups is 1. The fourth-order valence-corrected chi connectivity index (χ4v) is 3.17. The number of pyridine rings is 1. The molecule has 0 aliphatic heterocycles. The normalized spacial score (nSPS) is 10.9. The predicted molar refractivity (Wildman–Crippen MR) is 108 cm³/mol. The van der Waals surface area contributed by atoms with Gasteiger partial charge in [-0.25, -0.2) is 14.5 Å². The molecule has 0 radical (unpaired) electrons. The van der Waals surface area contributed by atoms with Gasteiger partial charge >= 0.3 is 5.97 Å². The molecule has 0 aliphatic rings. The third kappa shape index (κ3) is 4.63. The number of hydrogen-bond acceptors (Lipinski definition) is 4. The van der Waals surface area contributed by atoms with E-state index in [4.69, 9.17) is 4.98 Å². The molecule has 0 aliphatic carbocycles. The molecule has 0 fully saturated rings. The minimum absolute atomic E-state index is 0.256. The van der Waals surface area contributed by atoms with Crippen molar-refractivity contribution in [3.63, 3.8) is 0 Å². The van der Waals surface area contributed by atoms with Crippen molar-refractivity contribution in [2.45, 2.75) is 52.5 Å². The van der Waals surface area contributed by atoms with E-state index in [2.05, 4.69) is 23.9 Å². The third-order valence-corrected chi connectivity index (χ3v) is 4.67. The SMILES string of the molecule is CCCCn1nc(CCC)nc1Cc1ccc(-c2cnccc2C(=O)O)cc1. The second kappa shape index (κ2) is 9.26. The summed E-state index contributed by atoms with van der Waals surface area (Å²) in [6.45, 7) is 5.19. The molecule has 0 spiro atoms. The van der Waals surface area contributed by atoms with Crippen LogP contribution in [0.3, 0.4) is 0 Å². The van der Waals surface area contributed by atoms with Gasteiger partial charge in [0.1, 0.15) is 5.82 Å². The molecular weight excluding hydrogens is 352 g/mol. The van der Waals surface area contributed by atoms with Gasteiger partial charge in [-0.1, -0.05) is 44.5 Å². The molecule has 0 unspecified atom stereocenters. The minimum atomic E-state index is -0.950.